The van der Waals surface area contributed by atoms with E-state index in [-0.39, 0.29) is 0 Å². The van der Waals surface area contributed by atoms with Crippen molar-refractivity contribution < 1.29 is 19.4 Å². The number of aliphatic carboxylic acids is 1. The molecule has 0 aliphatic rings. The van der Waals surface area contributed by atoms with Gasteiger partial charge in [-0.2, -0.15) is 0 Å². The van der Waals surface area contributed by atoms with E-state index in [2.05, 4.69) is 0 Å². The summed E-state index contributed by atoms with van der Waals surface area (Å²) < 4.78 is 10.6. The van der Waals surface area contributed by atoms with Crippen LogP contribution < -0.4 is 9.47 Å². The smallest absolute Gasteiger partial charge is 0.311 e. The molecule has 0 radical (unpaired) electrons. The SMILES string of the molecule is COc1cccc(OC)c1C(Cc1ccccc1)C(=O)O. The third kappa shape index (κ3) is 3.34. The van der Waals surface area contributed by atoms with E-state index >= 15 is 0 Å². The van der Waals surface area contributed by atoms with E-state index in [9.17, 15) is 9.90 Å². The average Bonchev–Trinajstić information content (AvgIpc) is 2.52. The Hall–Kier alpha value is -2.49. The number of methoxy groups -OCH3 is 2. The Morgan fingerprint density at radius 3 is 2.05 bits per heavy atom. The van der Waals surface area contributed by atoms with Gasteiger partial charge < -0.3 is 14.6 Å². The van der Waals surface area contributed by atoms with Crippen LogP contribution in [0, 0.1) is 0 Å². The molecule has 0 fully saturated rings. The summed E-state index contributed by atoms with van der Waals surface area (Å²) in [6.07, 6.45) is 0.382. The zero-order valence-electron chi connectivity index (χ0n) is 12.1. The van der Waals surface area contributed by atoms with E-state index in [1.807, 2.05) is 30.3 Å². The number of ether oxygens (including phenoxy) is 2. The number of carbonyl (C=O) groups is 1. The molecule has 0 aliphatic carbocycles. The maximum Gasteiger partial charge on any atom is 0.311 e. The summed E-state index contributed by atoms with van der Waals surface area (Å²) >= 11 is 0. The van der Waals surface area contributed by atoms with E-state index in [1.54, 1.807) is 18.2 Å². The van der Waals surface area contributed by atoms with Gasteiger partial charge in [-0.1, -0.05) is 36.4 Å². The molecule has 0 aromatic heterocycles. The minimum absolute atomic E-state index is 0.382. The van der Waals surface area contributed by atoms with Crippen LogP contribution in [0.3, 0.4) is 0 Å². The van der Waals surface area contributed by atoms with E-state index in [4.69, 9.17) is 9.47 Å². The highest BCUT2D eigenvalue weighted by Gasteiger charge is 2.27. The fourth-order valence-corrected chi connectivity index (χ4v) is 2.39. The van der Waals surface area contributed by atoms with Gasteiger partial charge in [0.15, 0.2) is 0 Å². The highest BCUT2D eigenvalue weighted by molar-refractivity contribution is 5.79. The van der Waals surface area contributed by atoms with Crippen molar-refractivity contribution in [1.29, 1.82) is 0 Å². The Morgan fingerprint density at radius 2 is 1.57 bits per heavy atom. The molecule has 1 unspecified atom stereocenters. The highest BCUT2D eigenvalue weighted by Crippen LogP contribution is 2.37. The number of benzene rings is 2. The van der Waals surface area contributed by atoms with Gasteiger partial charge in [-0.25, -0.2) is 0 Å². The summed E-state index contributed by atoms with van der Waals surface area (Å²) in [7, 11) is 3.05. The summed E-state index contributed by atoms with van der Waals surface area (Å²) in [6, 6.07) is 14.8. The number of hydrogen-bond donors (Lipinski definition) is 1. The summed E-state index contributed by atoms with van der Waals surface area (Å²) in [5.74, 6) is -0.574. The van der Waals surface area contributed by atoms with Gasteiger partial charge in [-0.15, -0.1) is 0 Å². The second-order valence-electron chi connectivity index (χ2n) is 4.66. The molecule has 2 aromatic rings. The van der Waals surface area contributed by atoms with Crippen LogP contribution in [0.5, 0.6) is 11.5 Å². The van der Waals surface area contributed by atoms with Crippen molar-refractivity contribution in [2.75, 3.05) is 14.2 Å². The van der Waals surface area contributed by atoms with Gasteiger partial charge in [-0.05, 0) is 24.1 Å². The van der Waals surface area contributed by atoms with Crippen LogP contribution in [-0.4, -0.2) is 25.3 Å². The van der Waals surface area contributed by atoms with Crippen LogP contribution in [-0.2, 0) is 11.2 Å². The first-order valence-electron chi connectivity index (χ1n) is 6.65. The molecule has 0 bridgehead atoms. The van der Waals surface area contributed by atoms with Crippen molar-refractivity contribution in [1.82, 2.24) is 0 Å². The molecular formula is C17H18O4. The third-order valence-corrected chi connectivity index (χ3v) is 3.40. The molecule has 4 nitrogen and oxygen atoms in total. The van der Waals surface area contributed by atoms with Gasteiger partial charge in [0.05, 0.1) is 25.7 Å². The standard InChI is InChI=1S/C17H18O4/c1-20-14-9-6-10-15(21-2)16(14)13(17(18)19)11-12-7-4-3-5-8-12/h3-10,13H,11H2,1-2H3,(H,18,19). The first kappa shape index (κ1) is 14.9. The quantitative estimate of drug-likeness (QED) is 0.886. The zero-order chi connectivity index (χ0) is 15.2. The fraction of sp³-hybridized carbons (Fsp3) is 0.235. The Labute approximate surface area is 123 Å². The molecule has 1 N–H and O–H groups in total. The van der Waals surface area contributed by atoms with Crippen molar-refractivity contribution in [3.63, 3.8) is 0 Å². The van der Waals surface area contributed by atoms with Gasteiger partial charge in [-0.3, -0.25) is 4.79 Å². The lowest BCUT2D eigenvalue weighted by Gasteiger charge is -2.19. The second kappa shape index (κ2) is 6.79. The van der Waals surface area contributed by atoms with Crippen molar-refractivity contribution in [2.45, 2.75) is 12.3 Å². The van der Waals surface area contributed by atoms with Crippen molar-refractivity contribution in [2.24, 2.45) is 0 Å². The lowest BCUT2D eigenvalue weighted by molar-refractivity contribution is -0.138. The molecule has 110 valence electrons. The molecular weight excluding hydrogens is 268 g/mol. The summed E-state index contributed by atoms with van der Waals surface area (Å²) in [6.45, 7) is 0. The minimum Gasteiger partial charge on any atom is -0.496 e. The van der Waals surface area contributed by atoms with E-state index in [1.165, 1.54) is 14.2 Å². The number of carboxylic acid groups (broad SMARTS) is 1. The third-order valence-electron chi connectivity index (χ3n) is 3.40. The number of rotatable bonds is 6. The molecule has 0 heterocycles. The lowest BCUT2D eigenvalue weighted by Crippen LogP contribution is -2.16. The maximum absolute atomic E-state index is 11.7. The Kier molecular flexibility index (Phi) is 4.82. The van der Waals surface area contributed by atoms with Gasteiger partial charge in [0, 0.05) is 0 Å². The monoisotopic (exact) mass is 286 g/mol. The minimum atomic E-state index is -0.901. The maximum atomic E-state index is 11.7. The molecule has 4 heteroatoms. The first-order chi connectivity index (χ1) is 10.2. The lowest BCUT2D eigenvalue weighted by atomic mass is 9.90. The molecule has 2 aromatic carbocycles. The van der Waals surface area contributed by atoms with E-state index in [0.717, 1.165) is 5.56 Å². The summed E-state index contributed by atoms with van der Waals surface area (Å²) in [4.78, 5) is 11.7. The van der Waals surface area contributed by atoms with Crippen LogP contribution in [0.2, 0.25) is 0 Å². The van der Waals surface area contributed by atoms with Crippen molar-refractivity contribution in [3.05, 3.63) is 59.7 Å². The molecule has 0 saturated carbocycles. The molecule has 0 amide bonds. The Balaban J connectivity index is 2.45. The predicted molar refractivity (Wildman–Crippen MR) is 80.1 cm³/mol. The van der Waals surface area contributed by atoms with Crippen molar-refractivity contribution in [3.8, 4) is 11.5 Å². The molecule has 2 rings (SSSR count). The zero-order valence-corrected chi connectivity index (χ0v) is 12.1. The largest absolute Gasteiger partial charge is 0.496 e. The molecule has 1 atom stereocenters. The Bertz CT molecular complexity index is 585. The van der Waals surface area contributed by atoms with Crippen LogP contribution in [0.1, 0.15) is 17.0 Å². The fourth-order valence-electron chi connectivity index (χ4n) is 2.39. The average molecular weight is 286 g/mol. The molecule has 0 saturated heterocycles. The number of hydrogen-bond acceptors (Lipinski definition) is 3. The molecule has 0 spiro atoms. The van der Waals surface area contributed by atoms with Crippen LogP contribution in [0.4, 0.5) is 0 Å². The van der Waals surface area contributed by atoms with Crippen LogP contribution >= 0.6 is 0 Å². The van der Waals surface area contributed by atoms with Gasteiger partial charge in [0.25, 0.3) is 0 Å². The van der Waals surface area contributed by atoms with Crippen LogP contribution in [0.15, 0.2) is 48.5 Å². The van der Waals surface area contributed by atoms with Gasteiger partial charge in [0.1, 0.15) is 11.5 Å². The van der Waals surface area contributed by atoms with Crippen LogP contribution in [0.25, 0.3) is 0 Å². The summed E-state index contributed by atoms with van der Waals surface area (Å²) in [5, 5.41) is 9.62. The van der Waals surface area contributed by atoms with E-state index < -0.39 is 11.9 Å². The number of carboxylic acids is 1. The van der Waals surface area contributed by atoms with Gasteiger partial charge >= 0.3 is 5.97 Å². The second-order valence-corrected chi connectivity index (χ2v) is 4.66. The normalized spacial score (nSPS) is 11.7. The first-order valence-corrected chi connectivity index (χ1v) is 6.65. The summed E-state index contributed by atoms with van der Waals surface area (Å²) in [5.41, 5.74) is 1.52. The van der Waals surface area contributed by atoms with Crippen molar-refractivity contribution >= 4 is 5.97 Å². The molecule has 0 aliphatic heterocycles. The van der Waals surface area contributed by atoms with E-state index in [0.29, 0.717) is 23.5 Å². The Morgan fingerprint density at radius 1 is 1.00 bits per heavy atom. The van der Waals surface area contributed by atoms with Gasteiger partial charge in [0.2, 0.25) is 0 Å². The highest BCUT2D eigenvalue weighted by atomic mass is 16.5. The molecule has 21 heavy (non-hydrogen) atoms. The predicted octanol–water partition coefficient (Wildman–Crippen LogP) is 3.11. The topological polar surface area (TPSA) is 55.8 Å².